The van der Waals surface area contributed by atoms with Gasteiger partial charge in [-0.05, 0) is 31.5 Å². The molecule has 2 atom stereocenters. The summed E-state index contributed by atoms with van der Waals surface area (Å²) < 4.78 is 13.8. The lowest BCUT2D eigenvalue weighted by Gasteiger charge is -2.20. The second-order valence-electron chi connectivity index (χ2n) is 6.64. The molecular formula is C20H26ClFIN5O. The molecular weight excluding hydrogens is 508 g/mol. The fraction of sp³-hybridized carbons (Fsp3) is 0.400. The highest BCUT2D eigenvalue weighted by Crippen LogP contribution is 2.25. The van der Waals surface area contributed by atoms with Gasteiger partial charge in [0, 0.05) is 37.4 Å². The topological polar surface area (TPSA) is 72.8 Å². The van der Waals surface area contributed by atoms with Crippen molar-refractivity contribution in [2.45, 2.75) is 25.5 Å². The number of anilines is 1. The molecule has 0 amide bonds. The zero-order valence-corrected chi connectivity index (χ0v) is 19.3. The maximum absolute atomic E-state index is 13.8. The van der Waals surface area contributed by atoms with Crippen LogP contribution in [0.3, 0.4) is 0 Å². The number of aromatic nitrogens is 1. The van der Waals surface area contributed by atoms with E-state index in [2.05, 4.69) is 25.5 Å². The van der Waals surface area contributed by atoms with Gasteiger partial charge in [-0.3, -0.25) is 4.99 Å². The Morgan fingerprint density at radius 2 is 2.17 bits per heavy atom. The summed E-state index contributed by atoms with van der Waals surface area (Å²) in [6.07, 6.45) is 1.65. The van der Waals surface area contributed by atoms with Crippen molar-refractivity contribution in [3.8, 4) is 0 Å². The predicted octanol–water partition coefficient (Wildman–Crippen LogP) is 3.36. The number of aliphatic hydroxyl groups is 1. The highest BCUT2D eigenvalue weighted by atomic mass is 127. The molecule has 1 aromatic heterocycles. The van der Waals surface area contributed by atoms with E-state index in [1.54, 1.807) is 24.4 Å². The summed E-state index contributed by atoms with van der Waals surface area (Å²) in [5.41, 5.74) is 0.249. The van der Waals surface area contributed by atoms with E-state index in [0.717, 1.165) is 25.3 Å². The minimum Gasteiger partial charge on any atom is -0.386 e. The van der Waals surface area contributed by atoms with Gasteiger partial charge in [-0.25, -0.2) is 9.37 Å². The molecule has 2 heterocycles. The smallest absolute Gasteiger partial charge is 0.191 e. The van der Waals surface area contributed by atoms with Crippen molar-refractivity contribution >= 4 is 47.4 Å². The first-order valence-corrected chi connectivity index (χ1v) is 9.79. The van der Waals surface area contributed by atoms with E-state index >= 15 is 0 Å². The van der Waals surface area contributed by atoms with Crippen LogP contribution in [0.2, 0.25) is 5.02 Å². The molecule has 2 unspecified atom stereocenters. The maximum Gasteiger partial charge on any atom is 0.191 e. The quantitative estimate of drug-likeness (QED) is 0.302. The van der Waals surface area contributed by atoms with Gasteiger partial charge in [0.25, 0.3) is 0 Å². The zero-order valence-electron chi connectivity index (χ0n) is 16.2. The average Bonchev–Trinajstić information content (AvgIpc) is 3.15. The van der Waals surface area contributed by atoms with Crippen molar-refractivity contribution in [3.63, 3.8) is 0 Å². The van der Waals surface area contributed by atoms with Gasteiger partial charge in [0.05, 0.1) is 11.6 Å². The van der Waals surface area contributed by atoms with Crippen LogP contribution in [0.1, 0.15) is 25.0 Å². The Kier molecular flexibility index (Phi) is 9.38. The number of halogens is 3. The molecule has 1 aromatic carbocycles. The SMILES string of the molecule is CCNC(=NCC(O)c1ccccc1F)NC1CCN(c2ncccc2Cl)C1.I. The van der Waals surface area contributed by atoms with Crippen LogP contribution < -0.4 is 15.5 Å². The molecule has 0 saturated carbocycles. The van der Waals surface area contributed by atoms with Crippen LogP contribution in [0, 0.1) is 5.82 Å². The maximum atomic E-state index is 13.8. The van der Waals surface area contributed by atoms with E-state index in [4.69, 9.17) is 11.6 Å². The van der Waals surface area contributed by atoms with Gasteiger partial charge in [-0.1, -0.05) is 29.8 Å². The summed E-state index contributed by atoms with van der Waals surface area (Å²) in [4.78, 5) is 10.9. The molecule has 29 heavy (non-hydrogen) atoms. The number of benzene rings is 1. The molecule has 0 radical (unpaired) electrons. The summed E-state index contributed by atoms with van der Waals surface area (Å²) in [6, 6.07) is 10.0. The highest BCUT2D eigenvalue weighted by molar-refractivity contribution is 14.0. The number of hydrogen-bond donors (Lipinski definition) is 3. The second-order valence-corrected chi connectivity index (χ2v) is 7.05. The van der Waals surface area contributed by atoms with Crippen molar-refractivity contribution in [2.75, 3.05) is 31.1 Å². The Morgan fingerprint density at radius 3 is 2.90 bits per heavy atom. The van der Waals surface area contributed by atoms with Crippen LogP contribution >= 0.6 is 35.6 Å². The molecule has 2 aromatic rings. The van der Waals surface area contributed by atoms with E-state index in [1.165, 1.54) is 6.07 Å². The Morgan fingerprint density at radius 1 is 1.38 bits per heavy atom. The number of aliphatic hydroxyl groups excluding tert-OH is 1. The van der Waals surface area contributed by atoms with Crippen LogP contribution in [-0.4, -0.2) is 48.3 Å². The van der Waals surface area contributed by atoms with E-state index in [-0.39, 0.29) is 42.1 Å². The van der Waals surface area contributed by atoms with Gasteiger partial charge in [0.2, 0.25) is 0 Å². The van der Waals surface area contributed by atoms with Crippen molar-refractivity contribution < 1.29 is 9.50 Å². The first-order valence-electron chi connectivity index (χ1n) is 9.41. The fourth-order valence-electron chi connectivity index (χ4n) is 3.22. The molecule has 6 nitrogen and oxygen atoms in total. The molecule has 0 aliphatic carbocycles. The molecule has 1 aliphatic heterocycles. The Bertz CT molecular complexity index is 825. The van der Waals surface area contributed by atoms with Gasteiger partial charge in [0.1, 0.15) is 17.7 Å². The lowest BCUT2D eigenvalue weighted by Crippen LogP contribution is -2.44. The second kappa shape index (κ2) is 11.5. The molecule has 3 rings (SSSR count). The van der Waals surface area contributed by atoms with Crippen LogP contribution in [-0.2, 0) is 0 Å². The third-order valence-electron chi connectivity index (χ3n) is 4.60. The zero-order chi connectivity index (χ0) is 19.9. The van der Waals surface area contributed by atoms with Crippen molar-refractivity contribution in [3.05, 3.63) is 59.0 Å². The Balaban J connectivity index is 0.00000300. The van der Waals surface area contributed by atoms with Crippen LogP contribution in [0.25, 0.3) is 0 Å². The van der Waals surface area contributed by atoms with Gasteiger partial charge in [0.15, 0.2) is 5.96 Å². The third-order valence-corrected chi connectivity index (χ3v) is 4.89. The Labute approximate surface area is 192 Å². The van der Waals surface area contributed by atoms with Gasteiger partial charge in [-0.15, -0.1) is 24.0 Å². The molecule has 1 saturated heterocycles. The molecule has 158 valence electrons. The minimum absolute atomic E-state index is 0. The van der Waals surface area contributed by atoms with E-state index in [0.29, 0.717) is 17.5 Å². The highest BCUT2D eigenvalue weighted by Gasteiger charge is 2.25. The first kappa shape index (κ1) is 23.6. The number of guanidine groups is 1. The lowest BCUT2D eigenvalue weighted by atomic mass is 10.1. The number of pyridine rings is 1. The van der Waals surface area contributed by atoms with Gasteiger partial charge < -0.3 is 20.6 Å². The normalized spacial score (nSPS) is 17.6. The lowest BCUT2D eigenvalue weighted by molar-refractivity contribution is 0.182. The predicted molar refractivity (Wildman–Crippen MR) is 126 cm³/mol. The number of hydrogen-bond acceptors (Lipinski definition) is 4. The summed E-state index contributed by atoms with van der Waals surface area (Å²) in [5.74, 6) is 0.948. The number of rotatable bonds is 6. The van der Waals surface area contributed by atoms with Crippen molar-refractivity contribution in [2.24, 2.45) is 4.99 Å². The number of nitrogens with zero attached hydrogens (tertiary/aromatic N) is 3. The summed E-state index contributed by atoms with van der Waals surface area (Å²) in [7, 11) is 0. The summed E-state index contributed by atoms with van der Waals surface area (Å²) in [5, 5.41) is 17.5. The molecule has 0 bridgehead atoms. The van der Waals surface area contributed by atoms with E-state index in [1.807, 2.05) is 19.1 Å². The molecule has 1 fully saturated rings. The van der Waals surface area contributed by atoms with Crippen LogP contribution in [0.5, 0.6) is 0 Å². The first-order chi connectivity index (χ1) is 13.6. The summed E-state index contributed by atoms with van der Waals surface area (Å²) >= 11 is 6.24. The fourth-order valence-corrected chi connectivity index (χ4v) is 3.46. The monoisotopic (exact) mass is 533 g/mol. The largest absolute Gasteiger partial charge is 0.386 e. The van der Waals surface area contributed by atoms with E-state index < -0.39 is 11.9 Å². The molecule has 9 heteroatoms. The van der Waals surface area contributed by atoms with Crippen molar-refractivity contribution in [1.82, 2.24) is 15.6 Å². The van der Waals surface area contributed by atoms with Crippen molar-refractivity contribution in [1.29, 1.82) is 0 Å². The van der Waals surface area contributed by atoms with Gasteiger partial charge >= 0.3 is 0 Å². The minimum atomic E-state index is -0.996. The standard InChI is InChI=1S/C20H25ClFN5O.HI/c1-2-23-20(25-12-18(28)15-6-3-4-8-17(15)22)26-14-9-11-27(13-14)19-16(21)7-5-10-24-19;/h3-8,10,14,18,28H,2,9,11-13H2,1H3,(H2,23,25,26);1H. The van der Waals surface area contributed by atoms with Crippen LogP contribution in [0.4, 0.5) is 10.2 Å². The van der Waals surface area contributed by atoms with Gasteiger partial charge in [-0.2, -0.15) is 0 Å². The number of aliphatic imine (C=N–C) groups is 1. The third kappa shape index (κ3) is 6.42. The molecule has 0 spiro atoms. The van der Waals surface area contributed by atoms with E-state index in [9.17, 15) is 9.50 Å². The number of nitrogens with one attached hydrogen (secondary N) is 2. The molecule has 1 aliphatic rings. The van der Waals surface area contributed by atoms with Crippen LogP contribution in [0.15, 0.2) is 47.6 Å². The molecule has 3 N–H and O–H groups in total. The summed E-state index contributed by atoms with van der Waals surface area (Å²) in [6.45, 7) is 4.31. The Hall–Kier alpha value is -1.65. The average molecular weight is 534 g/mol.